The van der Waals surface area contributed by atoms with Gasteiger partial charge in [0.2, 0.25) is 0 Å². The molecule has 31 heavy (non-hydrogen) atoms. The molecule has 4 nitrogen and oxygen atoms in total. The fraction of sp³-hybridized carbons (Fsp3) is 0.519. The normalized spacial score (nSPS) is 14.5. The maximum atomic E-state index is 5.54. The van der Waals surface area contributed by atoms with Crippen molar-refractivity contribution < 1.29 is 4.74 Å². The van der Waals surface area contributed by atoms with Crippen molar-refractivity contribution in [1.29, 1.82) is 0 Å². The molecule has 0 saturated carbocycles. The van der Waals surface area contributed by atoms with Gasteiger partial charge in [-0.2, -0.15) is 0 Å². The molecule has 4 heteroatoms. The van der Waals surface area contributed by atoms with E-state index in [4.69, 9.17) is 9.73 Å². The lowest BCUT2D eigenvalue weighted by atomic mass is 10.0. The topological polar surface area (TPSA) is 53.2 Å². The summed E-state index contributed by atoms with van der Waals surface area (Å²) in [6, 6.07) is 6.06. The molecule has 0 saturated heterocycles. The molecule has 2 aromatic rings. The van der Waals surface area contributed by atoms with E-state index in [-0.39, 0.29) is 0 Å². The third-order valence-electron chi connectivity index (χ3n) is 5.97. The summed E-state index contributed by atoms with van der Waals surface area (Å²) in [4.78, 5) is 11.5. The van der Waals surface area contributed by atoms with Gasteiger partial charge in [-0.25, -0.2) is 0 Å². The van der Waals surface area contributed by atoms with Crippen molar-refractivity contribution in [2.24, 2.45) is 4.99 Å². The van der Waals surface area contributed by atoms with Gasteiger partial charge in [-0.1, -0.05) is 71.1 Å². The van der Waals surface area contributed by atoms with E-state index in [2.05, 4.69) is 35.1 Å². The van der Waals surface area contributed by atoms with Gasteiger partial charge in [-0.3, -0.25) is 4.99 Å². The van der Waals surface area contributed by atoms with Crippen LogP contribution >= 0.6 is 0 Å². The van der Waals surface area contributed by atoms with E-state index in [1.54, 1.807) is 7.11 Å². The first-order valence-electron chi connectivity index (χ1n) is 12.2. The summed E-state index contributed by atoms with van der Waals surface area (Å²) in [5, 5.41) is 0. The van der Waals surface area contributed by atoms with Crippen LogP contribution in [0, 0.1) is 0 Å². The molecule has 0 unspecified atom stereocenters. The summed E-state index contributed by atoms with van der Waals surface area (Å²) < 4.78 is 5.54. The summed E-state index contributed by atoms with van der Waals surface area (Å²) in [7, 11) is 1.70. The van der Waals surface area contributed by atoms with Crippen LogP contribution < -0.4 is 4.74 Å². The average molecular weight is 422 g/mol. The number of H-pyrrole nitrogens is 2. The van der Waals surface area contributed by atoms with Gasteiger partial charge in [0.05, 0.1) is 29.9 Å². The van der Waals surface area contributed by atoms with Crippen molar-refractivity contribution in [2.45, 2.75) is 84.0 Å². The first-order valence-corrected chi connectivity index (χ1v) is 12.2. The molecule has 0 fully saturated rings. The summed E-state index contributed by atoms with van der Waals surface area (Å²) in [6.45, 7) is 2.28. The number of allylic oxidation sites excluding steroid dienone is 2. The van der Waals surface area contributed by atoms with Gasteiger partial charge >= 0.3 is 0 Å². The third-order valence-corrected chi connectivity index (χ3v) is 5.97. The second-order valence-corrected chi connectivity index (χ2v) is 8.54. The van der Waals surface area contributed by atoms with Crippen LogP contribution in [0.5, 0.6) is 5.75 Å². The Morgan fingerprint density at radius 2 is 1.61 bits per heavy atom. The van der Waals surface area contributed by atoms with Crippen molar-refractivity contribution in [3.05, 3.63) is 47.9 Å². The van der Waals surface area contributed by atoms with Gasteiger partial charge in [-0.15, -0.1) is 0 Å². The van der Waals surface area contributed by atoms with Gasteiger partial charge in [0.15, 0.2) is 0 Å². The van der Waals surface area contributed by atoms with E-state index in [0.29, 0.717) is 0 Å². The Balaban J connectivity index is 1.37. The molecule has 0 bridgehead atoms. The highest BCUT2D eigenvalue weighted by Crippen LogP contribution is 2.29. The highest BCUT2D eigenvalue weighted by molar-refractivity contribution is 5.99. The molecule has 0 aromatic carbocycles. The second-order valence-electron chi connectivity index (χ2n) is 8.54. The molecule has 3 rings (SSSR count). The lowest BCUT2D eigenvalue weighted by Crippen LogP contribution is -1.90. The van der Waals surface area contributed by atoms with E-state index in [1.807, 2.05) is 24.4 Å². The number of aromatic amines is 2. The minimum Gasteiger partial charge on any atom is -0.494 e. The summed E-state index contributed by atoms with van der Waals surface area (Å²) >= 11 is 0. The van der Waals surface area contributed by atoms with Crippen LogP contribution in [0.1, 0.15) is 89.7 Å². The van der Waals surface area contributed by atoms with Crippen LogP contribution in [0.4, 0.5) is 0 Å². The lowest BCUT2D eigenvalue weighted by molar-refractivity contribution is 0.414. The Hall–Kier alpha value is -2.49. The van der Waals surface area contributed by atoms with E-state index in [1.165, 1.54) is 76.3 Å². The Kier molecular flexibility index (Phi) is 9.75. The first kappa shape index (κ1) is 23.2. The molecule has 0 atom stereocenters. The number of hydrogen-bond donors (Lipinski definition) is 2. The van der Waals surface area contributed by atoms with E-state index in [0.717, 1.165) is 34.9 Å². The minimum absolute atomic E-state index is 0.833. The maximum Gasteiger partial charge on any atom is 0.144 e. The zero-order valence-corrected chi connectivity index (χ0v) is 19.4. The first-order chi connectivity index (χ1) is 15.3. The summed E-state index contributed by atoms with van der Waals surface area (Å²) in [6.07, 6.45) is 24.4. The van der Waals surface area contributed by atoms with Gasteiger partial charge in [0, 0.05) is 18.0 Å². The van der Waals surface area contributed by atoms with Crippen LogP contribution in [0.3, 0.4) is 0 Å². The molecule has 2 aromatic heterocycles. The number of nitrogens with one attached hydrogen (secondary N) is 2. The highest BCUT2D eigenvalue weighted by Gasteiger charge is 2.11. The number of unbranched alkanes of at least 4 members (excludes halogenated alkanes) is 10. The van der Waals surface area contributed by atoms with Crippen molar-refractivity contribution in [3.8, 4) is 17.1 Å². The lowest BCUT2D eigenvalue weighted by Gasteiger charge is -2.02. The molecule has 0 radical (unpaired) electrons. The zero-order valence-electron chi connectivity index (χ0n) is 19.4. The molecule has 0 spiro atoms. The zero-order chi connectivity index (χ0) is 21.7. The Labute approximate surface area is 187 Å². The molecule has 2 N–H and O–H groups in total. The SMILES string of the molecule is CCCCCCCCCCCCCC1=N/C(=C\c2[nH]c(-c3ccc[nH]3)cc2OC)C=C1. The van der Waals surface area contributed by atoms with Gasteiger partial charge < -0.3 is 14.7 Å². The molecular weight excluding hydrogens is 382 g/mol. The number of methoxy groups -OCH3 is 1. The largest absolute Gasteiger partial charge is 0.494 e. The Morgan fingerprint density at radius 3 is 2.26 bits per heavy atom. The fourth-order valence-corrected chi connectivity index (χ4v) is 4.13. The number of aliphatic imine (C=N–C) groups is 1. The molecule has 0 amide bonds. The van der Waals surface area contributed by atoms with Crippen molar-refractivity contribution in [2.75, 3.05) is 7.11 Å². The van der Waals surface area contributed by atoms with Gasteiger partial charge in [-0.05, 0) is 43.2 Å². The standard InChI is InChI=1S/C27H39N3O/c1-3-4-5-6-7-8-9-10-11-12-13-15-22-17-18-23(29-22)20-26-27(31-2)21-25(30-26)24-16-14-19-28-24/h14,16-21,28,30H,3-13,15H2,1-2H3/b23-20-. The number of rotatable bonds is 15. The van der Waals surface area contributed by atoms with Crippen molar-refractivity contribution in [3.63, 3.8) is 0 Å². The van der Waals surface area contributed by atoms with E-state index in [9.17, 15) is 0 Å². The molecule has 1 aliphatic heterocycles. The van der Waals surface area contributed by atoms with Crippen LogP contribution in [0.25, 0.3) is 17.5 Å². The number of aromatic nitrogens is 2. The van der Waals surface area contributed by atoms with Gasteiger partial charge in [0.25, 0.3) is 0 Å². The summed E-state index contributed by atoms with van der Waals surface area (Å²) in [5.74, 6) is 0.833. The molecule has 0 aliphatic carbocycles. The third kappa shape index (κ3) is 7.61. The number of nitrogens with zero attached hydrogens (tertiary/aromatic N) is 1. The summed E-state index contributed by atoms with van der Waals surface area (Å²) in [5.41, 5.74) is 5.19. The van der Waals surface area contributed by atoms with Crippen LogP contribution in [0.2, 0.25) is 0 Å². The highest BCUT2D eigenvalue weighted by atomic mass is 16.5. The number of hydrogen-bond acceptors (Lipinski definition) is 2. The molecular formula is C27H39N3O. The predicted octanol–water partition coefficient (Wildman–Crippen LogP) is 8.07. The Morgan fingerprint density at radius 1 is 0.903 bits per heavy atom. The molecule has 168 valence electrons. The minimum atomic E-state index is 0.833. The van der Waals surface area contributed by atoms with Crippen LogP contribution in [-0.4, -0.2) is 22.8 Å². The quantitative estimate of drug-likeness (QED) is 0.281. The van der Waals surface area contributed by atoms with Crippen molar-refractivity contribution >= 4 is 11.8 Å². The van der Waals surface area contributed by atoms with Crippen LogP contribution in [-0.2, 0) is 0 Å². The van der Waals surface area contributed by atoms with Gasteiger partial charge in [0.1, 0.15) is 5.75 Å². The average Bonchev–Trinajstić information content (AvgIpc) is 3.53. The maximum absolute atomic E-state index is 5.54. The van der Waals surface area contributed by atoms with E-state index >= 15 is 0 Å². The monoisotopic (exact) mass is 421 g/mol. The van der Waals surface area contributed by atoms with E-state index < -0.39 is 0 Å². The molecule has 3 heterocycles. The predicted molar refractivity (Wildman–Crippen MR) is 133 cm³/mol. The van der Waals surface area contributed by atoms with Crippen molar-refractivity contribution in [1.82, 2.24) is 9.97 Å². The Bertz CT molecular complexity index is 855. The molecule has 1 aliphatic rings. The second kappa shape index (κ2) is 13.0. The van der Waals surface area contributed by atoms with Crippen LogP contribution in [0.15, 0.2) is 47.2 Å². The fourth-order valence-electron chi connectivity index (χ4n) is 4.13. The smallest absolute Gasteiger partial charge is 0.144 e. The number of ether oxygens (including phenoxy) is 1.